The summed E-state index contributed by atoms with van der Waals surface area (Å²) in [6.07, 6.45) is 4.24. The number of hydrogen-bond donors (Lipinski definition) is 2. The zero-order valence-corrected chi connectivity index (χ0v) is 14.0. The maximum absolute atomic E-state index is 14.6. The van der Waals surface area contributed by atoms with Crippen molar-refractivity contribution in [3.8, 4) is 6.07 Å². The number of aromatic nitrogens is 3. The number of ether oxygens (including phenoxy) is 1. The molecule has 0 unspecified atom stereocenters. The van der Waals surface area contributed by atoms with Crippen molar-refractivity contribution in [1.29, 1.82) is 5.26 Å². The zero-order valence-electron chi connectivity index (χ0n) is 14.0. The van der Waals surface area contributed by atoms with Crippen molar-refractivity contribution in [1.82, 2.24) is 14.6 Å². The molecule has 0 radical (unpaired) electrons. The maximum atomic E-state index is 14.6. The number of aliphatic hydroxyl groups is 1. The van der Waals surface area contributed by atoms with E-state index >= 15 is 0 Å². The summed E-state index contributed by atoms with van der Waals surface area (Å²) in [6.45, 7) is 2.85. The Hall–Kier alpha value is -2.24. The molecule has 132 valence electrons. The number of anilines is 1. The Labute approximate surface area is 144 Å². The normalized spacial score (nSPS) is 25.4. The second-order valence-corrected chi connectivity index (χ2v) is 7.12. The van der Waals surface area contributed by atoms with E-state index in [1.807, 2.05) is 13.0 Å². The third-order valence-corrected chi connectivity index (χ3v) is 5.41. The fraction of sp³-hybridized carbons (Fsp3) is 0.588. The van der Waals surface area contributed by atoms with Crippen molar-refractivity contribution >= 4 is 11.5 Å². The topological polar surface area (TPSA) is 95.5 Å². The molecule has 2 fully saturated rings. The summed E-state index contributed by atoms with van der Waals surface area (Å²) in [4.78, 5) is 4.17. The van der Waals surface area contributed by atoms with E-state index in [1.165, 1.54) is 10.7 Å². The van der Waals surface area contributed by atoms with Crippen molar-refractivity contribution in [3.05, 3.63) is 23.3 Å². The summed E-state index contributed by atoms with van der Waals surface area (Å²) in [7, 11) is 0. The highest BCUT2D eigenvalue weighted by Gasteiger charge is 2.40. The molecule has 0 amide bonds. The molecule has 7 nitrogen and oxygen atoms in total. The third kappa shape index (κ3) is 2.55. The molecule has 4 rings (SSSR count). The van der Waals surface area contributed by atoms with Gasteiger partial charge >= 0.3 is 0 Å². The van der Waals surface area contributed by atoms with E-state index < -0.39 is 11.9 Å². The third-order valence-electron chi connectivity index (χ3n) is 5.41. The summed E-state index contributed by atoms with van der Waals surface area (Å²) in [6, 6.07) is 1.78. The van der Waals surface area contributed by atoms with Gasteiger partial charge in [-0.05, 0) is 19.3 Å². The molecule has 2 aromatic rings. The molecule has 1 aliphatic carbocycles. The summed E-state index contributed by atoms with van der Waals surface area (Å²) < 4.78 is 21.4. The van der Waals surface area contributed by atoms with Gasteiger partial charge in [0.15, 0.2) is 5.82 Å². The van der Waals surface area contributed by atoms with Gasteiger partial charge in [-0.3, -0.25) is 0 Å². The lowest BCUT2D eigenvalue weighted by Gasteiger charge is -2.38. The first-order valence-electron chi connectivity index (χ1n) is 8.54. The predicted molar refractivity (Wildman–Crippen MR) is 87.7 cm³/mol. The van der Waals surface area contributed by atoms with Crippen LogP contribution in [0.4, 0.5) is 10.3 Å². The molecule has 2 atom stereocenters. The molecule has 8 heteroatoms. The Balaban J connectivity index is 1.77. The number of nitrogens with zero attached hydrogens (tertiary/aromatic N) is 4. The van der Waals surface area contributed by atoms with Gasteiger partial charge in [-0.15, -0.1) is 5.10 Å². The van der Waals surface area contributed by atoms with Crippen molar-refractivity contribution in [2.45, 2.75) is 50.2 Å². The molecule has 0 bridgehead atoms. The van der Waals surface area contributed by atoms with E-state index in [1.54, 1.807) is 0 Å². The highest BCUT2D eigenvalue weighted by Crippen LogP contribution is 2.45. The van der Waals surface area contributed by atoms with Crippen LogP contribution < -0.4 is 5.32 Å². The lowest BCUT2D eigenvalue weighted by molar-refractivity contribution is -0.0136. The Morgan fingerprint density at radius 1 is 1.52 bits per heavy atom. The van der Waals surface area contributed by atoms with Crippen LogP contribution in [0.15, 0.2) is 6.20 Å². The molecule has 1 saturated carbocycles. The lowest BCUT2D eigenvalue weighted by Crippen LogP contribution is -2.42. The minimum atomic E-state index is -0.646. The van der Waals surface area contributed by atoms with Crippen LogP contribution in [0.3, 0.4) is 0 Å². The van der Waals surface area contributed by atoms with Gasteiger partial charge in [-0.1, -0.05) is 13.3 Å². The van der Waals surface area contributed by atoms with Gasteiger partial charge in [0.2, 0.25) is 5.95 Å². The largest absolute Gasteiger partial charge is 0.389 e. The number of nitriles is 1. The highest BCUT2D eigenvalue weighted by molar-refractivity contribution is 5.59. The van der Waals surface area contributed by atoms with E-state index in [0.717, 1.165) is 19.3 Å². The smallest absolute Gasteiger partial charge is 0.241 e. The highest BCUT2D eigenvalue weighted by atomic mass is 19.1. The standard InChI is InChI=1S/C17H20FN5O2/c1-17(4-2-5-17)15-10(7-19)14(18)12-8-20-16(22-23(12)15)21-11-3-6-25-9-13(11)24/h8,11,13,24H,2-6,9H2,1H3,(H,21,22)/t11-,13-/m1/s1. The van der Waals surface area contributed by atoms with Gasteiger partial charge in [0.1, 0.15) is 17.1 Å². The Kier molecular flexibility index (Phi) is 3.85. The molecule has 25 heavy (non-hydrogen) atoms. The number of aliphatic hydroxyl groups excluding tert-OH is 1. The van der Waals surface area contributed by atoms with Crippen LogP contribution in [0, 0.1) is 17.1 Å². The lowest BCUT2D eigenvalue weighted by atomic mass is 9.67. The van der Waals surface area contributed by atoms with Crippen LogP contribution in [-0.4, -0.2) is 45.1 Å². The summed E-state index contributed by atoms with van der Waals surface area (Å²) >= 11 is 0. The molecule has 1 aliphatic heterocycles. The molecule has 0 aromatic carbocycles. The second-order valence-electron chi connectivity index (χ2n) is 7.12. The number of nitrogens with one attached hydrogen (secondary N) is 1. The molecule has 2 aromatic heterocycles. The van der Waals surface area contributed by atoms with E-state index in [9.17, 15) is 14.8 Å². The van der Waals surface area contributed by atoms with E-state index in [0.29, 0.717) is 24.7 Å². The molecule has 2 N–H and O–H groups in total. The predicted octanol–water partition coefficient (Wildman–Crippen LogP) is 1.74. The van der Waals surface area contributed by atoms with Gasteiger partial charge in [0.25, 0.3) is 0 Å². The zero-order chi connectivity index (χ0) is 17.6. The first-order chi connectivity index (χ1) is 12.0. The van der Waals surface area contributed by atoms with Crippen molar-refractivity contribution < 1.29 is 14.2 Å². The van der Waals surface area contributed by atoms with Gasteiger partial charge in [0.05, 0.1) is 30.6 Å². The van der Waals surface area contributed by atoms with Gasteiger partial charge in [0, 0.05) is 12.0 Å². The maximum Gasteiger partial charge on any atom is 0.241 e. The second kappa shape index (κ2) is 5.93. The summed E-state index contributed by atoms with van der Waals surface area (Å²) in [5, 5.41) is 27.0. The quantitative estimate of drug-likeness (QED) is 0.880. The first-order valence-corrected chi connectivity index (χ1v) is 8.54. The number of fused-ring (bicyclic) bond motifs is 1. The minimum Gasteiger partial charge on any atom is -0.389 e. The fourth-order valence-corrected chi connectivity index (χ4v) is 3.74. The monoisotopic (exact) mass is 345 g/mol. The van der Waals surface area contributed by atoms with Crippen molar-refractivity contribution in [2.24, 2.45) is 0 Å². The van der Waals surface area contributed by atoms with E-state index in [-0.39, 0.29) is 29.1 Å². The number of halogens is 1. The molecule has 3 heterocycles. The van der Waals surface area contributed by atoms with E-state index in [4.69, 9.17) is 4.74 Å². The van der Waals surface area contributed by atoms with Gasteiger partial charge < -0.3 is 15.2 Å². The van der Waals surface area contributed by atoms with Crippen molar-refractivity contribution in [3.63, 3.8) is 0 Å². The van der Waals surface area contributed by atoms with Crippen LogP contribution in [0.25, 0.3) is 5.52 Å². The SMILES string of the molecule is CC1(c2c(C#N)c(F)c3cnc(N[C@@H]4CCOC[C@H]4O)nn23)CCC1. The average Bonchev–Trinajstić information content (AvgIpc) is 2.87. The van der Waals surface area contributed by atoms with Crippen LogP contribution in [-0.2, 0) is 10.2 Å². The van der Waals surface area contributed by atoms with Crippen molar-refractivity contribution in [2.75, 3.05) is 18.5 Å². The summed E-state index contributed by atoms with van der Waals surface area (Å²) in [5.41, 5.74) is 0.631. The average molecular weight is 345 g/mol. The fourth-order valence-electron chi connectivity index (χ4n) is 3.74. The van der Waals surface area contributed by atoms with Gasteiger partial charge in [-0.2, -0.15) is 5.26 Å². The van der Waals surface area contributed by atoms with E-state index in [2.05, 4.69) is 15.4 Å². The van der Waals surface area contributed by atoms with Crippen LogP contribution in [0.2, 0.25) is 0 Å². The molecule has 0 spiro atoms. The molecular formula is C17H20FN5O2. The summed E-state index contributed by atoms with van der Waals surface area (Å²) in [5.74, 6) is -0.259. The molecule has 2 aliphatic rings. The minimum absolute atomic E-state index is 0.0553. The van der Waals surface area contributed by atoms with Gasteiger partial charge in [-0.25, -0.2) is 13.9 Å². The number of rotatable bonds is 3. The Morgan fingerprint density at radius 2 is 2.32 bits per heavy atom. The number of hydrogen-bond acceptors (Lipinski definition) is 6. The Bertz CT molecular complexity index is 855. The molecule has 1 saturated heterocycles. The van der Waals surface area contributed by atoms with Crippen LogP contribution >= 0.6 is 0 Å². The Morgan fingerprint density at radius 3 is 2.96 bits per heavy atom. The first kappa shape index (κ1) is 16.2. The molecular weight excluding hydrogens is 325 g/mol. The van der Waals surface area contributed by atoms with Crippen LogP contribution in [0.1, 0.15) is 43.9 Å². The van der Waals surface area contributed by atoms with Crippen LogP contribution in [0.5, 0.6) is 0 Å².